The summed E-state index contributed by atoms with van der Waals surface area (Å²) in [5.41, 5.74) is 1.53. The summed E-state index contributed by atoms with van der Waals surface area (Å²) >= 11 is 3.40. The Morgan fingerprint density at radius 3 is 2.81 bits per heavy atom. The SMILES string of the molecule is C[C@H](C(=O)O)N1Cc2ccc(-c3nc(NC4CCCCC4F)ncc3Br)cc2S1(=O)=O. The third-order valence-corrected chi connectivity index (χ3v) is 8.36. The lowest BCUT2D eigenvalue weighted by atomic mass is 9.94. The molecule has 31 heavy (non-hydrogen) atoms. The molecule has 0 spiro atoms. The summed E-state index contributed by atoms with van der Waals surface area (Å²) in [5.74, 6) is -0.933. The largest absolute Gasteiger partial charge is 0.480 e. The standard InChI is InChI=1S/C20H22BrFN4O4S/c1-11(19(27)28)26-10-13-7-6-12(8-17(13)31(26,29)30)18-14(21)9-23-20(25-18)24-16-5-3-2-4-15(16)22/h6-9,11,15-16H,2-5,10H2,1H3,(H,27,28)(H,23,24,25)/t11-,15?,16?/m1/s1. The van der Waals surface area contributed by atoms with E-state index in [4.69, 9.17) is 0 Å². The van der Waals surface area contributed by atoms with Gasteiger partial charge in [-0.25, -0.2) is 22.8 Å². The van der Waals surface area contributed by atoms with Crippen molar-refractivity contribution in [1.82, 2.24) is 14.3 Å². The maximum absolute atomic E-state index is 14.2. The van der Waals surface area contributed by atoms with Crippen molar-refractivity contribution in [2.75, 3.05) is 5.32 Å². The average molecular weight is 513 g/mol. The lowest BCUT2D eigenvalue weighted by Gasteiger charge is -2.26. The van der Waals surface area contributed by atoms with Gasteiger partial charge in [-0.1, -0.05) is 25.0 Å². The van der Waals surface area contributed by atoms with Gasteiger partial charge in [0.15, 0.2) is 0 Å². The van der Waals surface area contributed by atoms with Gasteiger partial charge < -0.3 is 10.4 Å². The Balaban J connectivity index is 1.66. The third-order valence-electron chi connectivity index (χ3n) is 5.78. The molecule has 2 unspecified atom stereocenters. The number of anilines is 1. The van der Waals surface area contributed by atoms with Gasteiger partial charge in [0, 0.05) is 18.3 Å². The second-order valence-electron chi connectivity index (χ2n) is 7.83. The Morgan fingerprint density at radius 2 is 2.10 bits per heavy atom. The van der Waals surface area contributed by atoms with E-state index in [2.05, 4.69) is 31.2 Å². The maximum atomic E-state index is 14.2. The number of fused-ring (bicyclic) bond motifs is 1. The zero-order valence-electron chi connectivity index (χ0n) is 16.8. The molecule has 1 aromatic heterocycles. The Labute approximate surface area is 188 Å². The number of carboxylic acid groups (broad SMARTS) is 1. The predicted molar refractivity (Wildman–Crippen MR) is 116 cm³/mol. The fraction of sp³-hybridized carbons (Fsp3) is 0.450. The van der Waals surface area contributed by atoms with Crippen molar-refractivity contribution in [3.8, 4) is 11.3 Å². The highest BCUT2D eigenvalue weighted by atomic mass is 79.9. The van der Waals surface area contributed by atoms with E-state index in [1.807, 2.05) is 0 Å². The Bertz CT molecular complexity index is 1130. The number of aromatic nitrogens is 2. The zero-order valence-corrected chi connectivity index (χ0v) is 19.2. The highest BCUT2D eigenvalue weighted by Crippen LogP contribution is 2.36. The molecule has 2 heterocycles. The summed E-state index contributed by atoms with van der Waals surface area (Å²) in [6.07, 6.45) is 3.60. The van der Waals surface area contributed by atoms with Crippen molar-refractivity contribution in [1.29, 1.82) is 0 Å². The monoisotopic (exact) mass is 512 g/mol. The molecule has 1 aromatic carbocycles. The minimum absolute atomic E-state index is 0.00271. The molecule has 1 saturated carbocycles. The molecule has 0 bridgehead atoms. The van der Waals surface area contributed by atoms with E-state index < -0.39 is 28.2 Å². The van der Waals surface area contributed by atoms with E-state index >= 15 is 0 Å². The van der Waals surface area contributed by atoms with Gasteiger partial charge in [-0.05, 0) is 47.3 Å². The first-order valence-electron chi connectivity index (χ1n) is 9.99. The number of hydrogen-bond acceptors (Lipinski definition) is 6. The van der Waals surface area contributed by atoms with Crippen molar-refractivity contribution in [3.63, 3.8) is 0 Å². The number of carboxylic acids is 1. The summed E-state index contributed by atoms with van der Waals surface area (Å²) in [6, 6.07) is 3.37. The first kappa shape index (κ1) is 22.1. The summed E-state index contributed by atoms with van der Waals surface area (Å²) < 4.78 is 41.6. The van der Waals surface area contributed by atoms with Crippen molar-refractivity contribution >= 4 is 37.9 Å². The number of aliphatic carboxylic acids is 1. The van der Waals surface area contributed by atoms with Crippen LogP contribution in [0.3, 0.4) is 0 Å². The van der Waals surface area contributed by atoms with Gasteiger partial charge in [0.2, 0.25) is 16.0 Å². The molecule has 1 fully saturated rings. The molecule has 2 aliphatic rings. The summed E-state index contributed by atoms with van der Waals surface area (Å²) in [6.45, 7) is 1.35. The molecule has 2 aromatic rings. The molecule has 1 aliphatic heterocycles. The maximum Gasteiger partial charge on any atom is 0.321 e. The molecule has 4 rings (SSSR count). The van der Waals surface area contributed by atoms with Crippen LogP contribution in [0.2, 0.25) is 0 Å². The Kier molecular flexibility index (Phi) is 6.01. The molecular weight excluding hydrogens is 491 g/mol. The molecule has 0 radical (unpaired) electrons. The minimum Gasteiger partial charge on any atom is -0.480 e. The number of nitrogens with zero attached hydrogens (tertiary/aromatic N) is 3. The van der Waals surface area contributed by atoms with E-state index in [1.54, 1.807) is 18.3 Å². The average Bonchev–Trinajstić information content (AvgIpc) is 3.00. The van der Waals surface area contributed by atoms with E-state index in [1.165, 1.54) is 13.0 Å². The highest BCUT2D eigenvalue weighted by molar-refractivity contribution is 9.10. The molecule has 8 nitrogen and oxygen atoms in total. The second kappa shape index (κ2) is 8.44. The normalized spacial score (nSPS) is 23.8. The highest BCUT2D eigenvalue weighted by Gasteiger charge is 2.40. The van der Waals surface area contributed by atoms with E-state index in [9.17, 15) is 22.7 Å². The van der Waals surface area contributed by atoms with Crippen LogP contribution in [0.1, 0.15) is 38.2 Å². The molecule has 11 heteroatoms. The van der Waals surface area contributed by atoms with Crippen LogP contribution in [-0.4, -0.2) is 52.0 Å². The van der Waals surface area contributed by atoms with Crippen LogP contribution >= 0.6 is 15.9 Å². The quantitative estimate of drug-likeness (QED) is 0.629. The van der Waals surface area contributed by atoms with E-state index in [0.29, 0.717) is 34.1 Å². The van der Waals surface area contributed by atoms with Crippen LogP contribution in [0.25, 0.3) is 11.3 Å². The number of nitrogens with one attached hydrogen (secondary N) is 1. The molecule has 0 saturated heterocycles. The lowest BCUT2D eigenvalue weighted by molar-refractivity contribution is -0.140. The van der Waals surface area contributed by atoms with Crippen LogP contribution in [0.5, 0.6) is 0 Å². The van der Waals surface area contributed by atoms with Gasteiger partial charge in [-0.3, -0.25) is 4.79 Å². The summed E-state index contributed by atoms with van der Waals surface area (Å²) in [4.78, 5) is 20.1. The van der Waals surface area contributed by atoms with Gasteiger partial charge in [0.25, 0.3) is 0 Å². The number of carbonyl (C=O) groups is 1. The first-order chi connectivity index (χ1) is 14.7. The lowest BCUT2D eigenvalue weighted by Crippen LogP contribution is -2.38. The molecular formula is C20H22BrFN4O4S. The number of benzene rings is 1. The van der Waals surface area contributed by atoms with Crippen molar-refractivity contribution in [2.24, 2.45) is 0 Å². The van der Waals surface area contributed by atoms with E-state index in [0.717, 1.165) is 17.1 Å². The molecule has 2 N–H and O–H groups in total. The first-order valence-corrected chi connectivity index (χ1v) is 12.2. The Hall–Kier alpha value is -2.11. The van der Waals surface area contributed by atoms with Gasteiger partial charge in [0.1, 0.15) is 12.2 Å². The fourth-order valence-corrected chi connectivity index (χ4v) is 6.20. The van der Waals surface area contributed by atoms with Crippen LogP contribution in [0.4, 0.5) is 10.3 Å². The van der Waals surface area contributed by atoms with Crippen LogP contribution < -0.4 is 5.32 Å². The van der Waals surface area contributed by atoms with Gasteiger partial charge in [-0.15, -0.1) is 0 Å². The van der Waals surface area contributed by atoms with Gasteiger partial charge in [-0.2, -0.15) is 4.31 Å². The summed E-state index contributed by atoms with van der Waals surface area (Å²) in [5, 5.41) is 12.3. The second-order valence-corrected chi connectivity index (χ2v) is 10.5. The van der Waals surface area contributed by atoms with Crippen molar-refractivity contribution < 1.29 is 22.7 Å². The molecule has 1 aliphatic carbocycles. The molecule has 166 valence electrons. The Morgan fingerprint density at radius 1 is 1.35 bits per heavy atom. The number of alkyl halides is 1. The van der Waals surface area contributed by atoms with Crippen molar-refractivity contribution in [3.05, 3.63) is 34.4 Å². The number of rotatable bonds is 5. The number of sulfonamides is 1. The van der Waals surface area contributed by atoms with Gasteiger partial charge in [0.05, 0.1) is 21.1 Å². The topological polar surface area (TPSA) is 112 Å². The van der Waals surface area contributed by atoms with Crippen LogP contribution in [0, 0.1) is 0 Å². The van der Waals surface area contributed by atoms with Crippen LogP contribution in [0.15, 0.2) is 33.8 Å². The predicted octanol–water partition coefficient (Wildman–Crippen LogP) is 3.58. The molecule has 0 amide bonds. The third kappa shape index (κ3) is 4.18. The van der Waals surface area contributed by atoms with Crippen LogP contribution in [-0.2, 0) is 21.4 Å². The van der Waals surface area contributed by atoms with Gasteiger partial charge >= 0.3 is 5.97 Å². The number of hydrogen-bond donors (Lipinski definition) is 2. The molecule has 3 atom stereocenters. The zero-order chi connectivity index (χ0) is 22.3. The van der Waals surface area contributed by atoms with E-state index in [-0.39, 0.29) is 23.4 Å². The smallest absolute Gasteiger partial charge is 0.321 e. The van der Waals surface area contributed by atoms with Crippen molar-refractivity contribution in [2.45, 2.75) is 62.3 Å². The fourth-order valence-electron chi connectivity index (χ4n) is 3.97. The summed E-state index contributed by atoms with van der Waals surface area (Å²) in [7, 11) is -3.95. The minimum atomic E-state index is -3.95. The number of halogens is 2.